The molecule has 0 aromatic carbocycles. The lowest BCUT2D eigenvalue weighted by molar-refractivity contribution is -0.132. The highest BCUT2D eigenvalue weighted by Gasteiger charge is 2.27. The summed E-state index contributed by atoms with van der Waals surface area (Å²) >= 11 is 0. The van der Waals surface area contributed by atoms with Gasteiger partial charge in [0.15, 0.2) is 0 Å². The Hall–Kier alpha value is -2.63. The van der Waals surface area contributed by atoms with Crippen molar-refractivity contribution in [2.75, 3.05) is 13.1 Å². The maximum absolute atomic E-state index is 10.9. The summed E-state index contributed by atoms with van der Waals surface area (Å²) in [5.41, 5.74) is 6.32. The zero-order valence-corrected chi connectivity index (χ0v) is 12.6. The van der Waals surface area contributed by atoms with Crippen LogP contribution in [-0.4, -0.2) is 39.8 Å². The van der Waals surface area contributed by atoms with Gasteiger partial charge >= 0.3 is 0 Å². The summed E-state index contributed by atoms with van der Waals surface area (Å²) in [5.74, 6) is 0.351. The van der Waals surface area contributed by atoms with Crippen molar-refractivity contribution in [2.45, 2.75) is 13.3 Å². The van der Waals surface area contributed by atoms with Crippen LogP contribution in [0.2, 0.25) is 0 Å². The highest BCUT2D eigenvalue weighted by molar-refractivity contribution is 6.04. The van der Waals surface area contributed by atoms with E-state index in [0.717, 1.165) is 29.9 Å². The molecule has 0 aliphatic carbocycles. The van der Waals surface area contributed by atoms with Crippen LogP contribution in [0.3, 0.4) is 0 Å². The Morgan fingerprint density at radius 3 is 2.82 bits per heavy atom. The number of aromatic nitrogens is 2. The Balaban J connectivity index is 0.000000164. The van der Waals surface area contributed by atoms with Crippen molar-refractivity contribution in [2.24, 2.45) is 11.7 Å². The molecule has 0 atom stereocenters. The van der Waals surface area contributed by atoms with Gasteiger partial charge in [-0.15, -0.1) is 0 Å². The van der Waals surface area contributed by atoms with Gasteiger partial charge in [-0.25, -0.2) is 0 Å². The largest absolute Gasteiger partial charge is 0.365 e. The van der Waals surface area contributed by atoms with Gasteiger partial charge in [0.1, 0.15) is 0 Å². The molecule has 6 heteroatoms. The second kappa shape index (κ2) is 6.89. The topological polar surface area (TPSA) is 92.1 Å². The molecule has 116 valence electrons. The van der Waals surface area contributed by atoms with Gasteiger partial charge in [-0.1, -0.05) is 13.5 Å². The second-order valence-corrected chi connectivity index (χ2v) is 5.21. The van der Waals surface area contributed by atoms with Gasteiger partial charge in [0.25, 0.3) is 5.91 Å². The Bertz CT molecular complexity index is 686. The SMILES string of the molecule is C=CC(=O)N1CC(CC)C1.NC(=O)c1cncc2cc[nH]c12. The number of pyridine rings is 1. The van der Waals surface area contributed by atoms with Gasteiger partial charge < -0.3 is 15.6 Å². The summed E-state index contributed by atoms with van der Waals surface area (Å²) < 4.78 is 0. The normalized spacial score (nSPS) is 14.0. The van der Waals surface area contributed by atoms with Crippen LogP contribution in [0.5, 0.6) is 0 Å². The summed E-state index contributed by atoms with van der Waals surface area (Å²) in [7, 11) is 0. The number of H-pyrrole nitrogens is 1. The number of carbonyl (C=O) groups excluding carboxylic acids is 2. The number of primary amides is 1. The minimum Gasteiger partial charge on any atom is -0.365 e. The third-order valence-corrected chi connectivity index (χ3v) is 3.75. The molecular weight excluding hydrogens is 280 g/mol. The summed E-state index contributed by atoms with van der Waals surface area (Å²) in [6.07, 6.45) is 7.45. The molecule has 3 heterocycles. The molecule has 0 spiro atoms. The van der Waals surface area contributed by atoms with Crippen LogP contribution in [0.15, 0.2) is 37.3 Å². The molecule has 0 saturated carbocycles. The molecule has 2 amide bonds. The van der Waals surface area contributed by atoms with E-state index in [0.29, 0.717) is 5.56 Å². The Morgan fingerprint density at radius 1 is 1.50 bits per heavy atom. The molecule has 0 unspecified atom stereocenters. The van der Waals surface area contributed by atoms with E-state index in [-0.39, 0.29) is 5.91 Å². The van der Waals surface area contributed by atoms with Crippen molar-refractivity contribution in [3.63, 3.8) is 0 Å². The summed E-state index contributed by atoms with van der Waals surface area (Å²) in [6.45, 7) is 7.44. The molecule has 3 N–H and O–H groups in total. The number of amides is 2. The molecule has 3 rings (SSSR count). The Labute approximate surface area is 129 Å². The van der Waals surface area contributed by atoms with E-state index in [9.17, 15) is 9.59 Å². The summed E-state index contributed by atoms with van der Waals surface area (Å²) in [5, 5.41) is 0.895. The minimum absolute atomic E-state index is 0.0738. The zero-order valence-electron chi connectivity index (χ0n) is 12.6. The number of nitrogens with one attached hydrogen (secondary N) is 1. The van der Waals surface area contributed by atoms with Gasteiger partial charge in [-0.2, -0.15) is 0 Å². The summed E-state index contributed by atoms with van der Waals surface area (Å²) in [4.78, 5) is 30.4. The first-order valence-corrected chi connectivity index (χ1v) is 7.19. The van der Waals surface area contributed by atoms with Crippen LogP contribution in [0, 0.1) is 5.92 Å². The third-order valence-electron chi connectivity index (χ3n) is 3.75. The molecule has 6 nitrogen and oxygen atoms in total. The van der Waals surface area contributed by atoms with Crippen molar-refractivity contribution in [1.29, 1.82) is 0 Å². The number of hydrogen-bond donors (Lipinski definition) is 2. The molecule has 1 saturated heterocycles. The Morgan fingerprint density at radius 2 is 2.23 bits per heavy atom. The lowest BCUT2D eigenvalue weighted by Gasteiger charge is -2.38. The van der Waals surface area contributed by atoms with Crippen LogP contribution in [-0.2, 0) is 4.79 Å². The summed E-state index contributed by atoms with van der Waals surface area (Å²) in [6, 6.07) is 1.84. The number of aromatic amines is 1. The van der Waals surface area contributed by atoms with Gasteiger partial charge in [0.2, 0.25) is 5.91 Å². The smallest absolute Gasteiger partial charge is 0.252 e. The second-order valence-electron chi connectivity index (χ2n) is 5.21. The lowest BCUT2D eigenvalue weighted by Crippen LogP contribution is -2.48. The molecule has 0 radical (unpaired) electrons. The maximum atomic E-state index is 10.9. The Kier molecular flexibility index (Phi) is 4.93. The monoisotopic (exact) mass is 300 g/mol. The van der Waals surface area contributed by atoms with Crippen LogP contribution in [0.25, 0.3) is 10.9 Å². The third kappa shape index (κ3) is 3.33. The highest BCUT2D eigenvalue weighted by Crippen LogP contribution is 2.18. The molecule has 22 heavy (non-hydrogen) atoms. The fourth-order valence-electron chi connectivity index (χ4n) is 2.30. The molecule has 1 fully saturated rings. The molecule has 2 aromatic rings. The first-order valence-electron chi connectivity index (χ1n) is 7.19. The number of rotatable bonds is 3. The number of nitrogens with zero attached hydrogens (tertiary/aromatic N) is 2. The van der Waals surface area contributed by atoms with Crippen LogP contribution < -0.4 is 5.73 Å². The minimum atomic E-state index is -0.462. The molecular formula is C16H20N4O2. The van der Waals surface area contributed by atoms with Crippen molar-refractivity contribution in [1.82, 2.24) is 14.9 Å². The molecule has 2 aromatic heterocycles. The van der Waals surface area contributed by atoms with Gasteiger partial charge in [-0.05, 0) is 24.5 Å². The zero-order chi connectivity index (χ0) is 16.1. The van der Waals surface area contributed by atoms with E-state index in [1.807, 2.05) is 11.0 Å². The van der Waals surface area contributed by atoms with Crippen LogP contribution in [0.4, 0.5) is 0 Å². The fraction of sp³-hybridized carbons (Fsp3) is 0.312. The number of hydrogen-bond acceptors (Lipinski definition) is 3. The predicted octanol–water partition coefficient (Wildman–Crippen LogP) is 1.70. The standard InChI is InChI=1S/C8H7N3O.C8H13NO/c9-8(12)6-4-10-3-5-1-2-11-7(5)6;1-3-7-5-9(6-7)8(10)4-2/h1-4,11H,(H2,9,12);4,7H,2-3,5-6H2,1H3. The van der Waals surface area contributed by atoms with Crippen molar-refractivity contribution in [3.05, 3.63) is 42.9 Å². The van der Waals surface area contributed by atoms with Crippen LogP contribution in [0.1, 0.15) is 23.7 Å². The van der Waals surface area contributed by atoms with E-state index < -0.39 is 5.91 Å². The predicted molar refractivity (Wildman–Crippen MR) is 85.2 cm³/mol. The number of likely N-dealkylation sites (tertiary alicyclic amines) is 1. The average Bonchev–Trinajstić information content (AvgIpc) is 2.94. The van der Waals surface area contributed by atoms with Gasteiger partial charge in [0.05, 0.1) is 11.1 Å². The first-order chi connectivity index (χ1) is 10.6. The number of fused-ring (bicyclic) bond motifs is 1. The van der Waals surface area contributed by atoms with Crippen molar-refractivity contribution < 1.29 is 9.59 Å². The molecule has 1 aliphatic rings. The maximum Gasteiger partial charge on any atom is 0.252 e. The molecule has 1 aliphatic heterocycles. The van der Waals surface area contributed by atoms with E-state index in [1.165, 1.54) is 18.7 Å². The van der Waals surface area contributed by atoms with E-state index in [4.69, 9.17) is 5.73 Å². The van der Waals surface area contributed by atoms with Crippen molar-refractivity contribution in [3.8, 4) is 0 Å². The average molecular weight is 300 g/mol. The lowest BCUT2D eigenvalue weighted by atomic mass is 9.97. The van der Waals surface area contributed by atoms with E-state index >= 15 is 0 Å². The quantitative estimate of drug-likeness (QED) is 0.845. The number of carbonyl (C=O) groups is 2. The van der Waals surface area contributed by atoms with Gasteiger partial charge in [0, 0.05) is 37.1 Å². The van der Waals surface area contributed by atoms with Gasteiger partial charge in [-0.3, -0.25) is 14.6 Å². The van der Waals surface area contributed by atoms with E-state index in [1.54, 1.807) is 12.4 Å². The van der Waals surface area contributed by atoms with E-state index in [2.05, 4.69) is 23.5 Å². The van der Waals surface area contributed by atoms with Crippen LogP contribution >= 0.6 is 0 Å². The first kappa shape index (κ1) is 15.8. The highest BCUT2D eigenvalue weighted by atomic mass is 16.2. The molecule has 0 bridgehead atoms. The van der Waals surface area contributed by atoms with Crippen molar-refractivity contribution >= 4 is 22.7 Å². The fourth-order valence-corrected chi connectivity index (χ4v) is 2.30. The number of nitrogens with two attached hydrogens (primary N) is 1.